The summed E-state index contributed by atoms with van der Waals surface area (Å²) in [6.07, 6.45) is 10.9. The molecule has 0 aliphatic rings. The monoisotopic (exact) mass is 803 g/mol. The van der Waals surface area contributed by atoms with Gasteiger partial charge in [-0.25, -0.2) is 15.3 Å². The second-order valence-electron chi connectivity index (χ2n) is 9.05. The third-order valence-corrected chi connectivity index (χ3v) is 7.77. The van der Waals surface area contributed by atoms with Gasteiger partial charge in [0, 0.05) is 32.4 Å². The average molecular weight is 802 g/mol. The van der Waals surface area contributed by atoms with Crippen molar-refractivity contribution in [1.82, 2.24) is 29.1 Å². The molecule has 0 spiro atoms. The number of benzene rings is 3. The van der Waals surface area contributed by atoms with Crippen LogP contribution in [-0.4, -0.2) is 36.2 Å². The van der Waals surface area contributed by atoms with Gasteiger partial charge in [-0.15, -0.1) is 0 Å². The first-order valence-electron chi connectivity index (χ1n) is 13.8. The Bertz CT molecular complexity index is 1610. The summed E-state index contributed by atoms with van der Waals surface area (Å²) in [4.78, 5) is 0. The maximum atomic E-state index is 9.87. The summed E-state index contributed by atoms with van der Waals surface area (Å²) < 4.78 is 64.6. The molecule has 18 heteroatoms. The van der Waals surface area contributed by atoms with Crippen molar-refractivity contribution in [2.24, 2.45) is 0 Å². The normalized spacial score (nSPS) is 11.3. The summed E-state index contributed by atoms with van der Waals surface area (Å²) in [7, 11) is -11.3. The number of nitriles is 2. The molecule has 1 radical (unpaired) electrons. The van der Waals surface area contributed by atoms with E-state index in [-0.39, 0.29) is 26.6 Å². The van der Waals surface area contributed by atoms with Crippen LogP contribution in [0.2, 0.25) is 0 Å². The van der Waals surface area contributed by atoms with Gasteiger partial charge in [-0.1, -0.05) is 91.0 Å². The quantitative estimate of drug-likeness (QED) is 0.0964. The molecule has 49 heavy (non-hydrogen) atoms. The van der Waals surface area contributed by atoms with Gasteiger partial charge in [-0.05, 0) is 60.6 Å². The number of nitrogens with zero attached hydrogens (tertiary/aromatic N) is 8. The van der Waals surface area contributed by atoms with Gasteiger partial charge >= 0.3 is 52.5 Å². The molecule has 3 heterocycles. The van der Waals surface area contributed by atoms with Gasteiger partial charge in [-0.2, -0.15) is 10.5 Å². The van der Waals surface area contributed by atoms with Gasteiger partial charge in [-0.3, -0.25) is 0 Å². The van der Waals surface area contributed by atoms with Crippen LogP contribution < -0.4 is 15.9 Å². The molecule has 0 atom stereocenters. The van der Waals surface area contributed by atoms with E-state index in [1.807, 2.05) is 36.8 Å². The number of hydrogen-bond donors (Lipinski definition) is 0. The van der Waals surface area contributed by atoms with Crippen LogP contribution in [-0.2, 0) is 19.5 Å². The Morgan fingerprint density at radius 3 is 0.939 bits per heavy atom. The third kappa shape index (κ3) is 17.9. The molecule has 0 fully saturated rings. The second-order valence-corrected chi connectivity index (χ2v) is 13.2. The van der Waals surface area contributed by atoms with Gasteiger partial charge in [0.15, 0.2) is 0 Å². The minimum absolute atomic E-state index is 0. The molecule has 6 aromatic rings. The van der Waals surface area contributed by atoms with Gasteiger partial charge in [0.1, 0.15) is 0 Å². The van der Waals surface area contributed by atoms with E-state index >= 15 is 0 Å². The third-order valence-electron chi connectivity index (χ3n) is 5.33. The summed E-state index contributed by atoms with van der Waals surface area (Å²) in [6, 6.07) is 41.5. The van der Waals surface area contributed by atoms with E-state index in [0.717, 1.165) is 0 Å². The first-order valence-corrected chi connectivity index (χ1v) is 17.2. The average Bonchev–Trinajstić information content (AvgIpc) is 3.85. The Hall–Kier alpha value is -4.60. The summed E-state index contributed by atoms with van der Waals surface area (Å²) in [5, 5.41) is 31.5. The van der Waals surface area contributed by atoms with Crippen molar-refractivity contribution in [2.45, 2.75) is 13.8 Å². The molecule has 257 valence electrons. The number of rotatable bonds is 6. The van der Waals surface area contributed by atoms with Crippen LogP contribution in [0.4, 0.5) is 25.2 Å². The zero-order valence-electron chi connectivity index (χ0n) is 26.0. The smallest absolute Gasteiger partial charge is 0.425 e. The largest absolute Gasteiger partial charge is 2.00 e. The first-order chi connectivity index (χ1) is 22.7. The second kappa shape index (κ2) is 19.4. The van der Waals surface area contributed by atoms with E-state index in [1.165, 1.54) is 29.8 Å². The zero-order valence-corrected chi connectivity index (χ0v) is 29.6. The predicted octanol–water partition coefficient (Wildman–Crippen LogP) is 8.09. The van der Waals surface area contributed by atoms with Crippen molar-refractivity contribution >= 4 is 38.8 Å². The minimum atomic E-state index is -10.7. The molecule has 0 bridgehead atoms. The van der Waals surface area contributed by atoms with Gasteiger partial charge < -0.3 is 13.8 Å². The minimum Gasteiger partial charge on any atom is -0.425 e. The Morgan fingerprint density at radius 1 is 0.531 bits per heavy atom. The standard InChI is InChI=1S/C18H15P.C9H9BN6.2C2H3N.F6P.Ru/c1-4-10-16(11-5-1)19(17-12-6-2-7-13-17)18-14-8-3-9-15-18;1-4-11-14(7-1)10(15-8-2-5-12-15)16-9-3-6-13-16;2*1-2-3;1-7(2,3,4,5)6;/h1-15H;1-9H;2*1H3;;/q;-1;;;-1;+2. The van der Waals surface area contributed by atoms with E-state index < -0.39 is 15.7 Å². The summed E-state index contributed by atoms with van der Waals surface area (Å²) in [6.45, 7) is 2.86. The van der Waals surface area contributed by atoms with Crippen LogP contribution in [0.15, 0.2) is 146 Å². The maximum absolute atomic E-state index is 10.7. The Labute approximate surface area is 294 Å². The van der Waals surface area contributed by atoms with Crippen molar-refractivity contribution < 1.29 is 44.7 Å². The van der Waals surface area contributed by atoms with E-state index in [1.54, 1.807) is 44.5 Å². The zero-order chi connectivity index (χ0) is 35.5. The molecular formula is C31H30BF6N8P2Ru. The van der Waals surface area contributed by atoms with Crippen molar-refractivity contribution in [3.05, 3.63) is 146 Å². The van der Waals surface area contributed by atoms with E-state index in [0.29, 0.717) is 0 Å². The van der Waals surface area contributed by atoms with Crippen LogP contribution in [0, 0.1) is 22.7 Å². The van der Waals surface area contributed by atoms with Crippen LogP contribution in [0.25, 0.3) is 0 Å². The molecule has 8 nitrogen and oxygen atoms in total. The van der Waals surface area contributed by atoms with E-state index in [9.17, 15) is 25.2 Å². The van der Waals surface area contributed by atoms with Crippen molar-refractivity contribution in [1.29, 1.82) is 10.5 Å². The summed E-state index contributed by atoms with van der Waals surface area (Å²) in [5.74, 6) is 0. The summed E-state index contributed by atoms with van der Waals surface area (Å²) >= 11 is 0. The molecule has 3 aromatic carbocycles. The van der Waals surface area contributed by atoms with Gasteiger partial charge in [0.05, 0.1) is 12.1 Å². The fourth-order valence-electron chi connectivity index (χ4n) is 3.79. The fraction of sp³-hybridized carbons (Fsp3) is 0.0645. The predicted molar refractivity (Wildman–Crippen MR) is 180 cm³/mol. The van der Waals surface area contributed by atoms with Crippen molar-refractivity contribution in [3.8, 4) is 12.1 Å². The number of halogens is 6. The molecule has 6 rings (SSSR count). The molecule has 0 saturated heterocycles. The molecule has 0 aliphatic carbocycles. The molecule has 0 N–H and O–H groups in total. The Kier molecular flexibility index (Phi) is 16.8. The van der Waals surface area contributed by atoms with Gasteiger partial charge in [0.25, 0.3) is 7.12 Å². The molecule has 0 saturated carbocycles. The summed E-state index contributed by atoms with van der Waals surface area (Å²) in [5.41, 5.74) is 0. The first kappa shape index (κ1) is 42.4. The van der Waals surface area contributed by atoms with Crippen molar-refractivity contribution in [3.63, 3.8) is 0 Å². The molecular weight excluding hydrogens is 772 g/mol. The Balaban J connectivity index is 0.000000361. The number of aromatic nitrogens is 6. The molecule has 0 amide bonds. The van der Waals surface area contributed by atoms with Crippen LogP contribution in [0.3, 0.4) is 0 Å². The molecule has 0 aliphatic heterocycles. The van der Waals surface area contributed by atoms with Crippen LogP contribution >= 0.6 is 15.7 Å². The molecule has 3 aromatic heterocycles. The van der Waals surface area contributed by atoms with Crippen molar-refractivity contribution in [2.75, 3.05) is 0 Å². The van der Waals surface area contributed by atoms with Gasteiger partial charge in [0.2, 0.25) is 0 Å². The topological polar surface area (TPSA) is 101 Å². The van der Waals surface area contributed by atoms with E-state index in [4.69, 9.17) is 10.5 Å². The van der Waals surface area contributed by atoms with Crippen LogP contribution in [0.5, 0.6) is 0 Å². The van der Waals surface area contributed by atoms with Crippen LogP contribution in [0.1, 0.15) is 13.8 Å². The Morgan fingerprint density at radius 2 is 0.755 bits per heavy atom. The number of hydrogen-bond acceptors (Lipinski definition) is 5. The van der Waals surface area contributed by atoms with E-state index in [2.05, 4.69) is 106 Å². The SMILES string of the molecule is CC#N.CC#N.F[P-](F)(F)(F)(F)F.[Ru+2].c1ccc(P(c2ccccc2)c2ccccc2)cc1.c1cnn([B-](n2cccn2)n2cccn2)c1. The molecule has 0 unspecified atom stereocenters. The fourth-order valence-corrected chi connectivity index (χ4v) is 6.10. The maximum Gasteiger partial charge on any atom is 2.00 e.